The van der Waals surface area contributed by atoms with E-state index in [0.29, 0.717) is 0 Å². The van der Waals surface area contributed by atoms with Crippen LogP contribution in [-0.4, -0.2) is 23.5 Å². The third-order valence-electron chi connectivity index (χ3n) is 3.50. The summed E-state index contributed by atoms with van der Waals surface area (Å²) in [7, 11) is 0. The van der Waals surface area contributed by atoms with E-state index in [1.165, 1.54) is 0 Å². The molecule has 0 atom stereocenters. The second-order valence-corrected chi connectivity index (χ2v) is 4.79. The van der Waals surface area contributed by atoms with Crippen molar-refractivity contribution < 1.29 is 19.4 Å². The molecule has 5 heteroatoms. The second-order valence-electron chi connectivity index (χ2n) is 4.79. The van der Waals surface area contributed by atoms with Gasteiger partial charge in [0.2, 0.25) is 11.7 Å². The van der Waals surface area contributed by atoms with E-state index in [-0.39, 0.29) is 23.6 Å². The average Bonchev–Trinajstić information content (AvgIpc) is 3.09. The maximum atomic E-state index is 11.5. The quantitative estimate of drug-likeness (QED) is 0.794. The first-order valence-electron chi connectivity index (χ1n) is 6.10. The summed E-state index contributed by atoms with van der Waals surface area (Å²) in [6, 6.07) is 9.77. The van der Waals surface area contributed by atoms with Crippen molar-refractivity contribution in [3.8, 4) is 0 Å². The number of rotatable bonds is 4. The molecular weight excluding hydrogens is 246 g/mol. The highest BCUT2D eigenvalue weighted by molar-refractivity contribution is 6.18. The number of benzene rings is 1. The van der Waals surface area contributed by atoms with E-state index in [1.54, 1.807) is 0 Å². The van der Waals surface area contributed by atoms with Crippen LogP contribution in [0.1, 0.15) is 18.4 Å². The highest BCUT2D eigenvalue weighted by Gasteiger charge is 2.47. The third kappa shape index (κ3) is 1.97. The number of carboxylic acid groups (broad SMARTS) is 1. The fraction of sp³-hybridized carbons (Fsp3) is 0.286. The molecule has 1 aliphatic heterocycles. The highest BCUT2D eigenvalue weighted by Crippen LogP contribution is 2.46. The van der Waals surface area contributed by atoms with Crippen LogP contribution in [0.4, 0.5) is 0 Å². The lowest BCUT2D eigenvalue weighted by atomic mass is 10.0. The maximum Gasteiger partial charge on any atom is 0.344 e. The standard InChI is InChI=1S/C14H13NO4/c16-10-8-19-12(11(10)13(17)18)15-14(6-7-14)9-4-2-1-3-5-9/h1-5,15H,6-8H2,(H,17,18). The maximum absolute atomic E-state index is 11.5. The molecular formula is C14H13NO4. The molecule has 1 aliphatic carbocycles. The first-order chi connectivity index (χ1) is 9.12. The Labute approximate surface area is 109 Å². The lowest BCUT2D eigenvalue weighted by Crippen LogP contribution is -2.30. The van der Waals surface area contributed by atoms with Gasteiger partial charge in [-0.1, -0.05) is 30.3 Å². The summed E-state index contributed by atoms with van der Waals surface area (Å²) in [6.07, 6.45) is 1.79. The Morgan fingerprint density at radius 1 is 1.26 bits per heavy atom. The van der Waals surface area contributed by atoms with Gasteiger partial charge in [-0.15, -0.1) is 0 Å². The third-order valence-corrected chi connectivity index (χ3v) is 3.50. The van der Waals surface area contributed by atoms with Crippen molar-refractivity contribution in [1.29, 1.82) is 0 Å². The number of carbonyl (C=O) groups excluding carboxylic acids is 1. The van der Waals surface area contributed by atoms with E-state index in [9.17, 15) is 9.59 Å². The molecule has 1 aromatic rings. The lowest BCUT2D eigenvalue weighted by molar-refractivity contribution is -0.134. The zero-order chi connectivity index (χ0) is 13.5. The van der Waals surface area contributed by atoms with E-state index in [2.05, 4.69) is 5.32 Å². The van der Waals surface area contributed by atoms with Crippen LogP contribution in [0.3, 0.4) is 0 Å². The molecule has 98 valence electrons. The molecule has 0 amide bonds. The molecule has 1 saturated carbocycles. The normalized spacial score (nSPS) is 20.1. The van der Waals surface area contributed by atoms with Crippen molar-refractivity contribution in [2.45, 2.75) is 18.4 Å². The zero-order valence-corrected chi connectivity index (χ0v) is 10.2. The van der Waals surface area contributed by atoms with Crippen LogP contribution in [0, 0.1) is 0 Å². The van der Waals surface area contributed by atoms with Gasteiger partial charge in [-0.3, -0.25) is 4.79 Å². The van der Waals surface area contributed by atoms with Crippen molar-refractivity contribution in [2.24, 2.45) is 0 Å². The molecule has 1 aromatic carbocycles. The van der Waals surface area contributed by atoms with Gasteiger partial charge in [0.1, 0.15) is 0 Å². The minimum absolute atomic E-state index is 0.0962. The molecule has 2 aliphatic rings. The highest BCUT2D eigenvalue weighted by atomic mass is 16.5. The number of carboxylic acids is 1. The van der Waals surface area contributed by atoms with Crippen molar-refractivity contribution in [3.63, 3.8) is 0 Å². The van der Waals surface area contributed by atoms with Crippen molar-refractivity contribution in [1.82, 2.24) is 5.32 Å². The van der Waals surface area contributed by atoms with Crippen LogP contribution in [0.5, 0.6) is 0 Å². The summed E-state index contributed by atoms with van der Waals surface area (Å²) in [5.41, 5.74) is 0.513. The minimum atomic E-state index is -1.24. The number of nitrogens with one attached hydrogen (secondary N) is 1. The number of ether oxygens (including phenoxy) is 1. The Morgan fingerprint density at radius 2 is 1.95 bits per heavy atom. The number of ketones is 1. The summed E-state index contributed by atoms with van der Waals surface area (Å²) in [6.45, 7) is -0.200. The Hall–Kier alpha value is -2.30. The topological polar surface area (TPSA) is 75.6 Å². The Kier molecular flexibility index (Phi) is 2.55. The number of hydrogen-bond donors (Lipinski definition) is 2. The average molecular weight is 259 g/mol. The van der Waals surface area contributed by atoms with Crippen LogP contribution in [0.2, 0.25) is 0 Å². The van der Waals surface area contributed by atoms with E-state index in [1.807, 2.05) is 30.3 Å². The molecule has 0 unspecified atom stereocenters. The van der Waals surface area contributed by atoms with Crippen LogP contribution in [0.25, 0.3) is 0 Å². The van der Waals surface area contributed by atoms with Gasteiger partial charge in [0.15, 0.2) is 12.2 Å². The van der Waals surface area contributed by atoms with Crippen LogP contribution >= 0.6 is 0 Å². The van der Waals surface area contributed by atoms with Crippen molar-refractivity contribution in [3.05, 3.63) is 47.4 Å². The van der Waals surface area contributed by atoms with Crippen molar-refractivity contribution >= 4 is 11.8 Å². The van der Waals surface area contributed by atoms with E-state index in [0.717, 1.165) is 18.4 Å². The van der Waals surface area contributed by atoms with Crippen LogP contribution < -0.4 is 5.32 Å². The Bertz CT molecular complexity index is 572. The van der Waals surface area contributed by atoms with E-state index in [4.69, 9.17) is 9.84 Å². The van der Waals surface area contributed by atoms with Gasteiger partial charge < -0.3 is 15.2 Å². The molecule has 0 saturated heterocycles. The van der Waals surface area contributed by atoms with E-state index < -0.39 is 11.8 Å². The molecule has 0 bridgehead atoms. The van der Waals surface area contributed by atoms with E-state index >= 15 is 0 Å². The largest absolute Gasteiger partial charge is 0.477 e. The van der Waals surface area contributed by atoms with Crippen LogP contribution in [-0.2, 0) is 19.9 Å². The molecule has 0 aromatic heterocycles. The summed E-state index contributed by atoms with van der Waals surface area (Å²) in [4.78, 5) is 22.5. The number of aliphatic carboxylic acids is 1. The molecule has 5 nitrogen and oxygen atoms in total. The van der Waals surface area contributed by atoms with Gasteiger partial charge in [-0.05, 0) is 18.4 Å². The monoisotopic (exact) mass is 259 g/mol. The van der Waals surface area contributed by atoms with Crippen molar-refractivity contribution in [2.75, 3.05) is 6.61 Å². The minimum Gasteiger partial charge on any atom is -0.477 e. The Balaban J connectivity index is 1.90. The molecule has 0 spiro atoms. The number of Topliss-reactive ketones (excluding diaryl/α,β-unsaturated/α-hetero) is 1. The molecule has 2 N–H and O–H groups in total. The molecule has 1 heterocycles. The molecule has 19 heavy (non-hydrogen) atoms. The smallest absolute Gasteiger partial charge is 0.344 e. The first kappa shape index (κ1) is 11.8. The van der Waals surface area contributed by atoms with Gasteiger partial charge in [0, 0.05) is 0 Å². The summed E-state index contributed by atoms with van der Waals surface area (Å²) < 4.78 is 5.17. The fourth-order valence-corrected chi connectivity index (χ4v) is 2.31. The van der Waals surface area contributed by atoms with Gasteiger partial charge in [0.05, 0.1) is 5.54 Å². The van der Waals surface area contributed by atoms with Crippen LogP contribution in [0.15, 0.2) is 41.8 Å². The fourth-order valence-electron chi connectivity index (χ4n) is 2.31. The molecule has 3 rings (SSSR count). The molecule has 0 radical (unpaired) electrons. The lowest BCUT2D eigenvalue weighted by Gasteiger charge is -2.19. The summed E-state index contributed by atoms with van der Waals surface area (Å²) in [5, 5.41) is 12.1. The zero-order valence-electron chi connectivity index (χ0n) is 10.2. The SMILES string of the molecule is O=C(O)C1=C(NC2(c3ccccc3)CC2)OCC1=O. The van der Waals surface area contributed by atoms with Gasteiger partial charge in [-0.2, -0.15) is 0 Å². The predicted molar refractivity (Wildman–Crippen MR) is 66.1 cm³/mol. The van der Waals surface area contributed by atoms with Gasteiger partial charge in [-0.25, -0.2) is 4.79 Å². The second kappa shape index (κ2) is 4.12. The summed E-state index contributed by atoms with van der Waals surface area (Å²) >= 11 is 0. The molecule has 1 fully saturated rings. The van der Waals surface area contributed by atoms with Gasteiger partial charge in [0.25, 0.3) is 0 Å². The number of hydrogen-bond acceptors (Lipinski definition) is 4. The Morgan fingerprint density at radius 3 is 2.53 bits per heavy atom. The predicted octanol–water partition coefficient (Wildman–Crippen LogP) is 1.16. The van der Waals surface area contributed by atoms with Gasteiger partial charge >= 0.3 is 5.97 Å². The number of carbonyl (C=O) groups is 2. The summed E-state index contributed by atoms with van der Waals surface area (Å²) in [5.74, 6) is -1.63. The first-order valence-corrected chi connectivity index (χ1v) is 6.10.